The van der Waals surface area contributed by atoms with Crippen LogP contribution in [0.15, 0.2) is 0 Å². The predicted octanol–water partition coefficient (Wildman–Crippen LogP) is 1.59. The molecular formula is C8H14N2. The molecule has 1 fully saturated rings. The largest absolute Gasteiger partial charge is 0.311 e. The Morgan fingerprint density at radius 1 is 1.60 bits per heavy atom. The van der Waals surface area contributed by atoms with Crippen LogP contribution < -0.4 is 0 Å². The molecule has 1 aliphatic carbocycles. The monoisotopic (exact) mass is 138 g/mol. The highest BCUT2D eigenvalue weighted by Gasteiger charge is 2.19. The Labute approximate surface area is 62.4 Å². The van der Waals surface area contributed by atoms with Crippen molar-refractivity contribution in [2.45, 2.75) is 26.2 Å². The van der Waals surface area contributed by atoms with Crippen LogP contribution in [0.25, 0.3) is 0 Å². The molecule has 1 saturated carbocycles. The van der Waals surface area contributed by atoms with Gasteiger partial charge in [-0.1, -0.05) is 6.42 Å². The molecule has 1 aliphatic rings. The van der Waals surface area contributed by atoms with Gasteiger partial charge in [0.25, 0.3) is 0 Å². The maximum Gasteiger partial charge on any atom is 0.179 e. The summed E-state index contributed by atoms with van der Waals surface area (Å²) >= 11 is 0. The van der Waals surface area contributed by atoms with Crippen molar-refractivity contribution in [2.75, 3.05) is 13.1 Å². The average Bonchev–Trinajstić information content (AvgIpc) is 1.87. The summed E-state index contributed by atoms with van der Waals surface area (Å²) in [6.07, 6.45) is 6.22. The van der Waals surface area contributed by atoms with E-state index in [0.29, 0.717) is 0 Å². The van der Waals surface area contributed by atoms with Crippen molar-refractivity contribution in [3.63, 3.8) is 0 Å². The van der Waals surface area contributed by atoms with Crippen molar-refractivity contribution in [1.82, 2.24) is 4.90 Å². The van der Waals surface area contributed by atoms with E-state index >= 15 is 0 Å². The Morgan fingerprint density at radius 3 is 2.60 bits per heavy atom. The molecule has 10 heavy (non-hydrogen) atoms. The Bertz CT molecular complexity index is 133. The van der Waals surface area contributed by atoms with Crippen molar-refractivity contribution < 1.29 is 0 Å². The fourth-order valence-electron chi connectivity index (χ4n) is 1.23. The molecule has 0 aromatic heterocycles. The molecular weight excluding hydrogens is 124 g/mol. The minimum atomic E-state index is 0.819. The van der Waals surface area contributed by atoms with Gasteiger partial charge in [0.05, 0.1) is 0 Å². The van der Waals surface area contributed by atoms with Crippen LogP contribution in [0.2, 0.25) is 0 Å². The third-order valence-corrected chi connectivity index (χ3v) is 2.23. The van der Waals surface area contributed by atoms with Crippen LogP contribution in [0.4, 0.5) is 0 Å². The molecule has 0 aromatic carbocycles. The van der Waals surface area contributed by atoms with Crippen LogP contribution in [-0.4, -0.2) is 18.0 Å². The zero-order valence-electron chi connectivity index (χ0n) is 6.51. The van der Waals surface area contributed by atoms with E-state index in [1.165, 1.54) is 19.3 Å². The van der Waals surface area contributed by atoms with Gasteiger partial charge in [-0.3, -0.25) is 0 Å². The highest BCUT2D eigenvalue weighted by atomic mass is 15.1. The first-order valence-corrected chi connectivity index (χ1v) is 4.01. The van der Waals surface area contributed by atoms with Gasteiger partial charge in [-0.2, -0.15) is 5.26 Å². The molecule has 56 valence electrons. The average molecular weight is 138 g/mol. The molecule has 0 atom stereocenters. The fourth-order valence-corrected chi connectivity index (χ4v) is 1.23. The quantitative estimate of drug-likeness (QED) is 0.437. The lowest BCUT2D eigenvalue weighted by Gasteiger charge is -2.28. The summed E-state index contributed by atoms with van der Waals surface area (Å²) in [6, 6.07) is 0. The highest BCUT2D eigenvalue weighted by Crippen LogP contribution is 2.26. The zero-order valence-corrected chi connectivity index (χ0v) is 6.51. The van der Waals surface area contributed by atoms with Crippen molar-refractivity contribution in [3.05, 3.63) is 0 Å². The first kappa shape index (κ1) is 7.40. The molecule has 1 rings (SSSR count). The molecule has 0 bridgehead atoms. The molecule has 0 radical (unpaired) electrons. The third-order valence-electron chi connectivity index (χ3n) is 2.23. The molecule has 0 aromatic rings. The van der Waals surface area contributed by atoms with Gasteiger partial charge in [0, 0.05) is 13.1 Å². The van der Waals surface area contributed by atoms with Crippen molar-refractivity contribution in [1.29, 1.82) is 5.26 Å². The first-order chi connectivity index (χ1) is 4.86. The normalized spacial score (nSPS) is 17.6. The lowest BCUT2D eigenvalue weighted by molar-refractivity contribution is 0.235. The summed E-state index contributed by atoms with van der Waals surface area (Å²) in [7, 11) is 0. The SMILES string of the molecule is CCN(C#N)CC1CCC1. The number of nitrogens with zero attached hydrogens (tertiary/aromatic N) is 2. The first-order valence-electron chi connectivity index (χ1n) is 4.01. The van der Waals surface area contributed by atoms with Gasteiger partial charge >= 0.3 is 0 Å². The van der Waals surface area contributed by atoms with E-state index in [1.807, 2.05) is 11.8 Å². The molecule has 0 heterocycles. The lowest BCUT2D eigenvalue weighted by Crippen LogP contribution is -2.28. The number of nitriles is 1. The van der Waals surface area contributed by atoms with E-state index < -0.39 is 0 Å². The molecule has 0 spiro atoms. The van der Waals surface area contributed by atoms with Gasteiger partial charge < -0.3 is 4.90 Å². The summed E-state index contributed by atoms with van der Waals surface area (Å²) in [5.74, 6) is 0.819. The lowest BCUT2D eigenvalue weighted by atomic mass is 9.85. The number of rotatable bonds is 3. The summed E-state index contributed by atoms with van der Waals surface area (Å²) in [4.78, 5) is 1.84. The van der Waals surface area contributed by atoms with E-state index in [9.17, 15) is 0 Å². The Kier molecular flexibility index (Phi) is 2.56. The molecule has 2 heteroatoms. The smallest absolute Gasteiger partial charge is 0.179 e. The van der Waals surface area contributed by atoms with Gasteiger partial charge in [0.2, 0.25) is 0 Å². The summed E-state index contributed by atoms with van der Waals surface area (Å²) < 4.78 is 0. The molecule has 0 amide bonds. The third kappa shape index (κ3) is 1.63. The standard InChI is InChI=1S/C8H14N2/c1-2-10(7-9)6-8-4-3-5-8/h8H,2-6H2,1H3. The molecule has 0 saturated heterocycles. The van der Waals surface area contributed by atoms with Gasteiger partial charge in [-0.15, -0.1) is 0 Å². The zero-order chi connectivity index (χ0) is 7.40. The van der Waals surface area contributed by atoms with Crippen LogP contribution in [0.3, 0.4) is 0 Å². The van der Waals surface area contributed by atoms with Crippen molar-refractivity contribution >= 4 is 0 Å². The number of hydrogen-bond acceptors (Lipinski definition) is 2. The van der Waals surface area contributed by atoms with E-state index in [2.05, 4.69) is 6.19 Å². The minimum absolute atomic E-state index is 0.819. The summed E-state index contributed by atoms with van der Waals surface area (Å²) in [6.45, 7) is 3.89. The maximum atomic E-state index is 8.57. The van der Waals surface area contributed by atoms with Crippen LogP contribution in [-0.2, 0) is 0 Å². The van der Waals surface area contributed by atoms with Crippen molar-refractivity contribution in [3.8, 4) is 6.19 Å². The fraction of sp³-hybridized carbons (Fsp3) is 0.875. The van der Waals surface area contributed by atoms with Crippen LogP contribution in [0, 0.1) is 17.4 Å². The molecule has 0 aliphatic heterocycles. The molecule has 0 N–H and O–H groups in total. The molecule has 2 nitrogen and oxygen atoms in total. The van der Waals surface area contributed by atoms with E-state index in [-0.39, 0.29) is 0 Å². The van der Waals surface area contributed by atoms with Crippen LogP contribution in [0.1, 0.15) is 26.2 Å². The highest BCUT2D eigenvalue weighted by molar-refractivity contribution is 4.79. The van der Waals surface area contributed by atoms with E-state index in [4.69, 9.17) is 5.26 Å². The minimum Gasteiger partial charge on any atom is -0.311 e. The predicted molar refractivity (Wildman–Crippen MR) is 40.2 cm³/mol. The number of hydrogen-bond donors (Lipinski definition) is 0. The van der Waals surface area contributed by atoms with Gasteiger partial charge in [-0.05, 0) is 25.7 Å². The topological polar surface area (TPSA) is 27.0 Å². The summed E-state index contributed by atoms with van der Waals surface area (Å²) in [5.41, 5.74) is 0. The van der Waals surface area contributed by atoms with Crippen LogP contribution in [0.5, 0.6) is 0 Å². The molecule has 0 unspecified atom stereocenters. The van der Waals surface area contributed by atoms with E-state index in [0.717, 1.165) is 19.0 Å². The van der Waals surface area contributed by atoms with Gasteiger partial charge in [0.1, 0.15) is 0 Å². The second kappa shape index (κ2) is 3.46. The second-order valence-corrected chi connectivity index (χ2v) is 2.94. The van der Waals surface area contributed by atoms with Crippen molar-refractivity contribution in [2.24, 2.45) is 5.92 Å². The van der Waals surface area contributed by atoms with Gasteiger partial charge in [-0.25, -0.2) is 0 Å². The van der Waals surface area contributed by atoms with Crippen LogP contribution >= 0.6 is 0 Å². The Hall–Kier alpha value is -0.710. The van der Waals surface area contributed by atoms with Gasteiger partial charge in [0.15, 0.2) is 6.19 Å². The summed E-state index contributed by atoms with van der Waals surface area (Å²) in [5, 5.41) is 8.57. The second-order valence-electron chi connectivity index (χ2n) is 2.94. The van der Waals surface area contributed by atoms with E-state index in [1.54, 1.807) is 0 Å². The maximum absolute atomic E-state index is 8.57. The Morgan fingerprint density at radius 2 is 2.30 bits per heavy atom. The Balaban J connectivity index is 2.15.